The Morgan fingerprint density at radius 2 is 1.18 bits per heavy atom. The molecule has 1 aromatic carbocycles. The Morgan fingerprint density at radius 3 is 1.70 bits per heavy atom. The number of benzene rings is 1. The molecule has 0 saturated heterocycles. The number of phenols is 2. The predicted octanol–water partition coefficient (Wildman–Crippen LogP) is 7.75. The molecule has 0 aliphatic carbocycles. The number of unbranched alkanes of at least 4 members (excludes halogenated alkanes) is 15. The lowest BCUT2D eigenvalue weighted by atomic mass is 10.0. The molecule has 5 nitrogen and oxygen atoms in total. The summed E-state index contributed by atoms with van der Waals surface area (Å²) in [5.74, 6) is 0.465. The van der Waals surface area contributed by atoms with Crippen LogP contribution < -0.4 is 10.6 Å². The molecule has 1 rings (SSSR count). The fourth-order valence-electron chi connectivity index (χ4n) is 3.86. The van der Waals surface area contributed by atoms with Crippen molar-refractivity contribution in [2.75, 3.05) is 18.8 Å². The number of hydrogen-bond donors (Lipinski definition) is 4. The van der Waals surface area contributed by atoms with Crippen LogP contribution in [-0.4, -0.2) is 35.1 Å². The lowest BCUT2D eigenvalue weighted by Gasteiger charge is -2.08. The van der Waals surface area contributed by atoms with Crippen LogP contribution in [0.5, 0.6) is 11.5 Å². The Morgan fingerprint density at radius 1 is 0.697 bits per heavy atom. The standard InChI is InChI=1S/C27H48N2O3S/c1-2-3-4-5-6-7-8-9-10-11-12-13-14-15-16-17-20-28-27(32)29-21-22-33-24-18-19-25(30)26(31)23-24/h18-19,23,30-31H,2-17,20-22H2,1H3,(H2,28,29,32). The average molecular weight is 481 g/mol. The zero-order valence-electron chi connectivity index (χ0n) is 20.9. The van der Waals surface area contributed by atoms with E-state index in [1.165, 1.54) is 120 Å². The first kappa shape index (κ1) is 29.5. The molecule has 0 aromatic heterocycles. The van der Waals surface area contributed by atoms with E-state index in [-0.39, 0.29) is 17.5 Å². The molecular formula is C27H48N2O3S. The molecule has 2 amide bonds. The lowest BCUT2D eigenvalue weighted by Crippen LogP contribution is -2.37. The van der Waals surface area contributed by atoms with E-state index in [0.29, 0.717) is 12.3 Å². The molecule has 0 spiro atoms. The molecule has 0 unspecified atom stereocenters. The van der Waals surface area contributed by atoms with E-state index >= 15 is 0 Å². The van der Waals surface area contributed by atoms with Gasteiger partial charge in [0.25, 0.3) is 0 Å². The highest BCUT2D eigenvalue weighted by atomic mass is 32.2. The summed E-state index contributed by atoms with van der Waals surface area (Å²) in [5.41, 5.74) is 0. The van der Waals surface area contributed by atoms with Gasteiger partial charge in [0, 0.05) is 23.7 Å². The zero-order valence-corrected chi connectivity index (χ0v) is 21.7. The SMILES string of the molecule is CCCCCCCCCCCCCCCCCCNC(=O)NCCSc1ccc(O)c(O)c1. The van der Waals surface area contributed by atoms with Crippen molar-refractivity contribution < 1.29 is 15.0 Å². The van der Waals surface area contributed by atoms with Crippen molar-refractivity contribution in [1.82, 2.24) is 10.6 Å². The number of aromatic hydroxyl groups is 2. The number of rotatable bonds is 21. The maximum Gasteiger partial charge on any atom is 0.314 e. The van der Waals surface area contributed by atoms with Gasteiger partial charge < -0.3 is 20.8 Å². The maximum absolute atomic E-state index is 11.8. The summed E-state index contributed by atoms with van der Waals surface area (Å²) in [5, 5.41) is 24.5. The Labute approximate surface area is 206 Å². The van der Waals surface area contributed by atoms with Gasteiger partial charge in [-0.3, -0.25) is 0 Å². The summed E-state index contributed by atoms with van der Waals surface area (Å²) in [6.45, 7) is 3.55. The van der Waals surface area contributed by atoms with Crippen LogP contribution in [0.25, 0.3) is 0 Å². The molecule has 0 radical (unpaired) electrons. The van der Waals surface area contributed by atoms with Crippen LogP contribution in [0.4, 0.5) is 4.79 Å². The molecule has 190 valence electrons. The minimum atomic E-state index is -0.121. The molecule has 1 aromatic rings. The number of carbonyl (C=O) groups excluding carboxylic acids is 1. The van der Waals surface area contributed by atoms with Crippen LogP contribution >= 0.6 is 11.8 Å². The molecular weight excluding hydrogens is 432 g/mol. The maximum atomic E-state index is 11.8. The molecule has 0 aliphatic heterocycles. The topological polar surface area (TPSA) is 81.6 Å². The number of nitrogens with one attached hydrogen (secondary N) is 2. The summed E-state index contributed by atoms with van der Waals surface area (Å²) < 4.78 is 0. The first-order valence-electron chi connectivity index (χ1n) is 13.3. The monoisotopic (exact) mass is 480 g/mol. The summed E-state index contributed by atoms with van der Waals surface area (Å²) in [7, 11) is 0. The molecule has 0 heterocycles. The second-order valence-electron chi connectivity index (χ2n) is 8.98. The molecule has 33 heavy (non-hydrogen) atoms. The van der Waals surface area contributed by atoms with Crippen molar-refractivity contribution in [3.05, 3.63) is 18.2 Å². The number of carbonyl (C=O) groups is 1. The number of urea groups is 1. The molecule has 0 fully saturated rings. The van der Waals surface area contributed by atoms with Crippen LogP contribution in [0, 0.1) is 0 Å². The third kappa shape index (κ3) is 17.6. The smallest absolute Gasteiger partial charge is 0.314 e. The van der Waals surface area contributed by atoms with E-state index < -0.39 is 0 Å². The van der Waals surface area contributed by atoms with Gasteiger partial charge in [0.15, 0.2) is 11.5 Å². The Bertz CT molecular complexity index is 613. The Hall–Kier alpha value is -1.56. The first-order valence-corrected chi connectivity index (χ1v) is 14.3. The van der Waals surface area contributed by atoms with Gasteiger partial charge >= 0.3 is 6.03 Å². The highest BCUT2D eigenvalue weighted by Gasteiger charge is 2.03. The van der Waals surface area contributed by atoms with Gasteiger partial charge in [0.2, 0.25) is 0 Å². The molecule has 0 atom stereocenters. The van der Waals surface area contributed by atoms with E-state index in [4.69, 9.17) is 0 Å². The first-order chi connectivity index (χ1) is 16.1. The van der Waals surface area contributed by atoms with Crippen LogP contribution in [0.15, 0.2) is 23.1 Å². The van der Waals surface area contributed by atoms with Crippen molar-refractivity contribution >= 4 is 17.8 Å². The van der Waals surface area contributed by atoms with Crippen molar-refractivity contribution in [3.8, 4) is 11.5 Å². The van der Waals surface area contributed by atoms with Crippen LogP contribution in [-0.2, 0) is 0 Å². The summed E-state index contributed by atoms with van der Waals surface area (Å²) in [6.07, 6.45) is 21.6. The van der Waals surface area contributed by atoms with Gasteiger partial charge in [-0.25, -0.2) is 4.79 Å². The van der Waals surface area contributed by atoms with Crippen LogP contribution in [0.2, 0.25) is 0 Å². The van der Waals surface area contributed by atoms with E-state index in [2.05, 4.69) is 17.6 Å². The highest BCUT2D eigenvalue weighted by Crippen LogP contribution is 2.29. The number of thioether (sulfide) groups is 1. The van der Waals surface area contributed by atoms with E-state index in [9.17, 15) is 15.0 Å². The minimum Gasteiger partial charge on any atom is -0.504 e. The summed E-state index contributed by atoms with van der Waals surface area (Å²) in [4.78, 5) is 12.7. The highest BCUT2D eigenvalue weighted by molar-refractivity contribution is 7.99. The summed E-state index contributed by atoms with van der Waals surface area (Å²) in [6, 6.07) is 4.62. The van der Waals surface area contributed by atoms with Crippen molar-refractivity contribution in [2.45, 2.75) is 115 Å². The fourth-order valence-corrected chi connectivity index (χ4v) is 4.66. The second kappa shape index (κ2) is 21.0. The number of phenolic OH excluding ortho intramolecular Hbond substituents is 2. The van der Waals surface area contributed by atoms with Gasteiger partial charge in [-0.1, -0.05) is 103 Å². The van der Waals surface area contributed by atoms with Crippen molar-refractivity contribution in [1.29, 1.82) is 0 Å². The third-order valence-corrected chi connectivity index (χ3v) is 6.91. The van der Waals surface area contributed by atoms with Gasteiger partial charge in [0.05, 0.1) is 0 Å². The quantitative estimate of drug-likeness (QED) is 0.0823. The van der Waals surface area contributed by atoms with Crippen molar-refractivity contribution in [3.63, 3.8) is 0 Å². The van der Waals surface area contributed by atoms with Gasteiger partial charge in [0.1, 0.15) is 0 Å². The van der Waals surface area contributed by atoms with E-state index in [0.717, 1.165) is 17.9 Å². The summed E-state index contributed by atoms with van der Waals surface area (Å²) >= 11 is 1.52. The van der Waals surface area contributed by atoms with Crippen LogP contribution in [0.3, 0.4) is 0 Å². The third-order valence-electron chi connectivity index (χ3n) is 5.92. The Balaban J connectivity index is 1.79. The number of amides is 2. The van der Waals surface area contributed by atoms with Gasteiger partial charge in [-0.05, 0) is 24.6 Å². The second-order valence-corrected chi connectivity index (χ2v) is 10.2. The molecule has 6 heteroatoms. The fraction of sp³-hybridized carbons (Fsp3) is 0.741. The Kier molecular flexibility index (Phi) is 18.8. The zero-order chi connectivity index (χ0) is 24.0. The van der Waals surface area contributed by atoms with Crippen LogP contribution in [0.1, 0.15) is 110 Å². The van der Waals surface area contributed by atoms with Crippen molar-refractivity contribution in [2.24, 2.45) is 0 Å². The predicted molar refractivity (Wildman–Crippen MR) is 141 cm³/mol. The molecule has 4 N–H and O–H groups in total. The van der Waals surface area contributed by atoms with E-state index in [1.807, 2.05) is 0 Å². The number of hydrogen-bond acceptors (Lipinski definition) is 4. The largest absolute Gasteiger partial charge is 0.504 e. The lowest BCUT2D eigenvalue weighted by molar-refractivity contribution is 0.241. The van der Waals surface area contributed by atoms with Gasteiger partial charge in [-0.15, -0.1) is 11.8 Å². The van der Waals surface area contributed by atoms with Gasteiger partial charge in [-0.2, -0.15) is 0 Å². The normalized spacial score (nSPS) is 10.9. The van der Waals surface area contributed by atoms with E-state index in [1.54, 1.807) is 6.07 Å². The molecule has 0 bridgehead atoms. The molecule has 0 aliphatic rings. The minimum absolute atomic E-state index is 0.120. The average Bonchev–Trinajstić information content (AvgIpc) is 2.81. The molecule has 0 saturated carbocycles.